The Morgan fingerprint density at radius 2 is 1.85 bits per heavy atom. The average molecular weight is 475 g/mol. The number of fused-ring (bicyclic) bond motifs is 3. The van der Waals surface area contributed by atoms with Crippen LogP contribution in [0.4, 0.5) is 5.82 Å². The van der Waals surface area contributed by atoms with Crippen molar-refractivity contribution in [3.63, 3.8) is 0 Å². The minimum absolute atomic E-state index is 0.530. The largest absolute Gasteiger partial charge is 0.363 e. The lowest BCUT2D eigenvalue weighted by Crippen LogP contribution is -2.01. The summed E-state index contributed by atoms with van der Waals surface area (Å²) >= 11 is 12.3. The van der Waals surface area contributed by atoms with Crippen molar-refractivity contribution < 1.29 is 4.52 Å². The molecule has 162 valence electrons. The number of hydrogen-bond donors (Lipinski definition) is 2. The van der Waals surface area contributed by atoms with Crippen LogP contribution in [0.5, 0.6) is 0 Å². The summed E-state index contributed by atoms with van der Waals surface area (Å²) in [5, 5.41) is 11.5. The average Bonchev–Trinajstić information content (AvgIpc) is 3.40. The number of halogens is 2. The van der Waals surface area contributed by atoms with Crippen LogP contribution < -0.4 is 5.32 Å². The van der Waals surface area contributed by atoms with E-state index in [-0.39, 0.29) is 0 Å². The summed E-state index contributed by atoms with van der Waals surface area (Å²) in [4.78, 5) is 16.3. The van der Waals surface area contributed by atoms with Gasteiger partial charge in [-0.3, -0.25) is 9.97 Å². The van der Waals surface area contributed by atoms with Crippen LogP contribution in [0.2, 0.25) is 10.0 Å². The number of rotatable bonds is 5. The lowest BCUT2D eigenvalue weighted by atomic mass is 10.1. The van der Waals surface area contributed by atoms with Crippen LogP contribution in [-0.2, 0) is 13.0 Å². The molecule has 6 rings (SSSR count). The first-order chi connectivity index (χ1) is 16.1. The van der Waals surface area contributed by atoms with Crippen LogP contribution in [0.15, 0.2) is 65.7 Å². The molecule has 0 unspecified atom stereocenters. The smallest absolute Gasteiger partial charge is 0.187 e. The zero-order valence-corrected chi connectivity index (χ0v) is 18.7. The van der Waals surface area contributed by atoms with Crippen LogP contribution in [0.25, 0.3) is 32.9 Å². The summed E-state index contributed by atoms with van der Waals surface area (Å²) in [5.41, 5.74) is 5.30. The number of pyridine rings is 3. The second-order valence-electron chi connectivity index (χ2n) is 7.79. The molecule has 6 aromatic rings. The van der Waals surface area contributed by atoms with Crippen LogP contribution >= 0.6 is 23.2 Å². The van der Waals surface area contributed by atoms with Crippen molar-refractivity contribution in [3.05, 3.63) is 88.1 Å². The summed E-state index contributed by atoms with van der Waals surface area (Å²) in [5.74, 6) is 0.656. The second-order valence-corrected chi connectivity index (χ2v) is 8.63. The number of H-pyrrole nitrogens is 1. The van der Waals surface area contributed by atoms with Gasteiger partial charge in [-0.1, -0.05) is 34.4 Å². The molecule has 0 fully saturated rings. The maximum atomic E-state index is 6.21. The molecule has 0 bridgehead atoms. The van der Waals surface area contributed by atoms with E-state index in [0.717, 1.165) is 44.1 Å². The minimum atomic E-state index is 0.530. The van der Waals surface area contributed by atoms with E-state index in [1.54, 1.807) is 24.8 Å². The molecule has 0 atom stereocenters. The molecule has 0 radical (unpaired) electrons. The van der Waals surface area contributed by atoms with E-state index in [0.29, 0.717) is 34.4 Å². The van der Waals surface area contributed by atoms with E-state index < -0.39 is 0 Å². The number of nitrogens with one attached hydrogen (secondary N) is 2. The van der Waals surface area contributed by atoms with Crippen molar-refractivity contribution >= 4 is 61.9 Å². The summed E-state index contributed by atoms with van der Waals surface area (Å²) < 4.78 is 5.45. The molecular weight excluding hydrogens is 459 g/mol. The van der Waals surface area contributed by atoms with Gasteiger partial charge in [-0.15, -0.1) is 0 Å². The molecule has 0 aliphatic carbocycles. The predicted octanol–water partition coefficient (Wildman–Crippen LogP) is 6.16. The summed E-state index contributed by atoms with van der Waals surface area (Å²) in [6, 6.07) is 12.1. The van der Waals surface area contributed by atoms with Crippen molar-refractivity contribution in [1.29, 1.82) is 0 Å². The van der Waals surface area contributed by atoms with E-state index in [1.165, 1.54) is 0 Å². The van der Waals surface area contributed by atoms with Crippen molar-refractivity contribution in [2.24, 2.45) is 0 Å². The van der Waals surface area contributed by atoms with Crippen molar-refractivity contribution in [3.8, 4) is 0 Å². The molecule has 0 amide bonds. The number of nitrogens with zero attached hydrogens (tertiary/aromatic N) is 4. The number of aromatic amines is 1. The van der Waals surface area contributed by atoms with Gasteiger partial charge in [0, 0.05) is 48.0 Å². The topological polar surface area (TPSA) is 92.5 Å². The molecule has 0 spiro atoms. The first-order valence-electron chi connectivity index (χ1n) is 10.3. The Morgan fingerprint density at radius 3 is 2.79 bits per heavy atom. The zero-order valence-electron chi connectivity index (χ0n) is 17.1. The normalized spacial score (nSPS) is 11.6. The maximum absolute atomic E-state index is 6.21. The van der Waals surface area contributed by atoms with Crippen LogP contribution in [0.3, 0.4) is 0 Å². The third-order valence-electron chi connectivity index (χ3n) is 5.51. The molecule has 0 aliphatic heterocycles. The van der Waals surface area contributed by atoms with Gasteiger partial charge in [0.15, 0.2) is 11.4 Å². The van der Waals surface area contributed by atoms with Crippen molar-refractivity contribution in [2.75, 3.05) is 5.32 Å². The van der Waals surface area contributed by atoms with E-state index in [2.05, 4.69) is 42.5 Å². The van der Waals surface area contributed by atoms with Gasteiger partial charge in [-0.05, 0) is 41.5 Å². The monoisotopic (exact) mass is 474 g/mol. The third kappa shape index (κ3) is 3.86. The van der Waals surface area contributed by atoms with Crippen LogP contribution in [-0.4, -0.2) is 25.1 Å². The molecule has 5 aromatic heterocycles. The van der Waals surface area contributed by atoms with E-state index >= 15 is 0 Å². The number of anilines is 1. The number of benzene rings is 1. The Bertz CT molecular complexity index is 1640. The van der Waals surface area contributed by atoms with Gasteiger partial charge in [0.1, 0.15) is 5.65 Å². The molecule has 0 saturated heterocycles. The molecule has 7 nitrogen and oxygen atoms in total. The fourth-order valence-corrected chi connectivity index (χ4v) is 4.25. The van der Waals surface area contributed by atoms with Crippen LogP contribution in [0.1, 0.15) is 16.8 Å². The minimum Gasteiger partial charge on any atom is -0.363 e. The standard InChI is InChI=1S/C24H16Cl2N6O/c25-16-6-15-3-13(1-2-21(15)28-10-16)4-17-7-19-22(12-27-17)33-32-24(19)30-9-14-5-18-20(26)11-31-23(18)29-8-14/h1-3,5-8,10-12H,4,9H2,(H,29,31)(H,30,32). The van der Waals surface area contributed by atoms with Crippen molar-refractivity contribution in [1.82, 2.24) is 25.1 Å². The van der Waals surface area contributed by atoms with Gasteiger partial charge in [0.2, 0.25) is 0 Å². The molecule has 5 heterocycles. The van der Waals surface area contributed by atoms with E-state index in [1.807, 2.05) is 24.3 Å². The summed E-state index contributed by atoms with van der Waals surface area (Å²) in [6.45, 7) is 0.530. The van der Waals surface area contributed by atoms with Gasteiger partial charge >= 0.3 is 0 Å². The summed E-state index contributed by atoms with van der Waals surface area (Å²) in [6.07, 6.45) is 7.56. The Kier molecular flexibility index (Phi) is 4.86. The second kappa shape index (κ2) is 8.03. The Balaban J connectivity index is 1.25. The first-order valence-corrected chi connectivity index (χ1v) is 11.0. The Hall–Kier alpha value is -3.68. The molecular formula is C24H16Cl2N6O. The first kappa shape index (κ1) is 20.0. The quantitative estimate of drug-likeness (QED) is 0.310. The third-order valence-corrected chi connectivity index (χ3v) is 6.03. The van der Waals surface area contributed by atoms with Gasteiger partial charge in [0.25, 0.3) is 0 Å². The molecule has 1 aromatic carbocycles. The van der Waals surface area contributed by atoms with Crippen LogP contribution in [0, 0.1) is 0 Å². The van der Waals surface area contributed by atoms with Gasteiger partial charge in [-0.2, -0.15) is 0 Å². The highest BCUT2D eigenvalue weighted by Crippen LogP contribution is 2.26. The molecule has 9 heteroatoms. The van der Waals surface area contributed by atoms with Gasteiger partial charge in [0.05, 0.1) is 27.1 Å². The molecule has 0 aliphatic rings. The molecule has 2 N–H and O–H groups in total. The Morgan fingerprint density at radius 1 is 0.909 bits per heavy atom. The Labute approximate surface area is 197 Å². The number of aromatic nitrogens is 5. The fraction of sp³-hybridized carbons (Fsp3) is 0.0833. The fourth-order valence-electron chi connectivity index (χ4n) is 3.88. The molecule has 33 heavy (non-hydrogen) atoms. The zero-order chi connectivity index (χ0) is 22.4. The number of hydrogen-bond acceptors (Lipinski definition) is 6. The highest BCUT2D eigenvalue weighted by molar-refractivity contribution is 6.35. The maximum Gasteiger partial charge on any atom is 0.187 e. The molecule has 0 saturated carbocycles. The SMILES string of the molecule is Clc1cnc2ccc(Cc3cc4c(NCc5cnc6[nH]cc(Cl)c6c5)noc4cn3)cc2c1. The lowest BCUT2D eigenvalue weighted by molar-refractivity contribution is 0.458. The van der Waals surface area contributed by atoms with Crippen molar-refractivity contribution in [2.45, 2.75) is 13.0 Å². The highest BCUT2D eigenvalue weighted by atomic mass is 35.5. The highest BCUT2D eigenvalue weighted by Gasteiger charge is 2.11. The van der Waals surface area contributed by atoms with Gasteiger partial charge < -0.3 is 14.8 Å². The summed E-state index contributed by atoms with van der Waals surface area (Å²) in [7, 11) is 0. The van der Waals surface area contributed by atoms with E-state index in [9.17, 15) is 0 Å². The predicted molar refractivity (Wildman–Crippen MR) is 130 cm³/mol. The lowest BCUT2D eigenvalue weighted by Gasteiger charge is -2.05. The van der Waals surface area contributed by atoms with E-state index in [4.69, 9.17) is 27.7 Å². The van der Waals surface area contributed by atoms with Gasteiger partial charge in [-0.25, -0.2) is 4.98 Å².